The molecular weight excluding hydrogens is 434 g/mol. The monoisotopic (exact) mass is 465 g/mol. The van der Waals surface area contributed by atoms with Crippen LogP contribution in [0, 0.1) is 19.4 Å². The zero-order valence-electron chi connectivity index (χ0n) is 20.3. The van der Waals surface area contributed by atoms with E-state index in [-0.39, 0.29) is 0 Å². The maximum absolute atomic E-state index is 13.4. The Hall–Kier alpha value is -3.99. The highest BCUT2D eigenvalue weighted by Crippen LogP contribution is 2.27. The Kier molecular flexibility index (Phi) is 8.68. The molecule has 2 aromatic carbocycles. The summed E-state index contributed by atoms with van der Waals surface area (Å²) in [6.45, 7) is 8.44. The minimum Gasteiger partial charge on any atom is -0.497 e. The number of hydrogen-bond acceptors (Lipinski definition) is 5. The lowest BCUT2D eigenvalue weighted by atomic mass is 9.98. The highest BCUT2D eigenvalue weighted by molar-refractivity contribution is 5.99. The average Bonchev–Trinajstić information content (AvgIpc) is 2.76. The number of rotatable bonds is 7. The van der Waals surface area contributed by atoms with Gasteiger partial charge in [0.05, 0.1) is 7.11 Å². The summed E-state index contributed by atoms with van der Waals surface area (Å²) in [5, 5.41) is 5.28. The van der Waals surface area contributed by atoms with Gasteiger partial charge in [0.25, 0.3) is 11.8 Å². The van der Waals surface area contributed by atoms with Crippen LogP contribution in [-0.4, -0.2) is 41.6 Å². The van der Waals surface area contributed by atoms with Gasteiger partial charge in [0.2, 0.25) is 0 Å². The number of aryl methyl sites for hydroxylation is 1. The van der Waals surface area contributed by atoms with Crippen LogP contribution in [0.3, 0.4) is 0 Å². The van der Waals surface area contributed by atoms with Crippen LogP contribution in [0.2, 0.25) is 0 Å². The van der Waals surface area contributed by atoms with Gasteiger partial charge in [-0.1, -0.05) is 30.7 Å². The van der Waals surface area contributed by atoms with E-state index in [1.165, 1.54) is 6.92 Å². The Morgan fingerprint density at radius 2 is 1.68 bits per heavy atom. The van der Waals surface area contributed by atoms with Crippen molar-refractivity contribution in [3.8, 4) is 18.2 Å². The number of nitrogens with one attached hydrogen (secondary N) is 2. The second-order valence-electron chi connectivity index (χ2n) is 8.68. The van der Waals surface area contributed by atoms with Crippen LogP contribution < -0.4 is 15.4 Å². The minimum atomic E-state index is -1.14. The first-order valence-corrected chi connectivity index (χ1v) is 10.8. The molecule has 0 aliphatic carbocycles. The summed E-state index contributed by atoms with van der Waals surface area (Å²) in [7, 11) is 1.55. The summed E-state index contributed by atoms with van der Waals surface area (Å²) < 4.78 is 10.4. The molecule has 0 bridgehead atoms. The number of methoxy groups -OCH3 is 1. The second kappa shape index (κ2) is 11.2. The first-order chi connectivity index (χ1) is 16.0. The fraction of sp³-hybridized carbons (Fsp3) is 0.346. The van der Waals surface area contributed by atoms with Crippen LogP contribution in [0.1, 0.15) is 44.9 Å². The molecule has 0 aliphatic heterocycles. The molecule has 34 heavy (non-hydrogen) atoms. The second-order valence-corrected chi connectivity index (χ2v) is 8.68. The molecule has 0 saturated heterocycles. The van der Waals surface area contributed by atoms with Crippen LogP contribution >= 0.6 is 0 Å². The maximum Gasteiger partial charge on any atom is 0.408 e. The Bertz CT molecular complexity index is 1070. The van der Waals surface area contributed by atoms with Crippen molar-refractivity contribution in [1.29, 1.82) is 0 Å². The minimum absolute atomic E-state index is 0.504. The summed E-state index contributed by atoms with van der Waals surface area (Å²) in [6.07, 6.45) is 4.95. The van der Waals surface area contributed by atoms with E-state index in [1.807, 2.05) is 19.1 Å². The average molecular weight is 466 g/mol. The van der Waals surface area contributed by atoms with Gasteiger partial charge in [-0.25, -0.2) is 4.79 Å². The molecule has 2 N–H and O–H groups in total. The third-order valence-electron chi connectivity index (χ3n) is 4.83. The predicted molar refractivity (Wildman–Crippen MR) is 130 cm³/mol. The number of ether oxygens (including phenoxy) is 2. The number of carbonyl (C=O) groups excluding carboxylic acids is 3. The smallest absolute Gasteiger partial charge is 0.408 e. The molecule has 0 spiro atoms. The first-order valence-electron chi connectivity index (χ1n) is 10.8. The van der Waals surface area contributed by atoms with Crippen molar-refractivity contribution in [2.75, 3.05) is 12.4 Å². The van der Waals surface area contributed by atoms with Gasteiger partial charge in [-0.2, -0.15) is 0 Å². The van der Waals surface area contributed by atoms with Gasteiger partial charge in [0.1, 0.15) is 23.4 Å². The third-order valence-corrected chi connectivity index (χ3v) is 4.83. The summed E-state index contributed by atoms with van der Waals surface area (Å²) in [5.74, 6) is -0.502. The van der Waals surface area contributed by atoms with Crippen molar-refractivity contribution >= 4 is 23.6 Å². The number of carbonyl (C=O) groups is 3. The molecule has 180 valence electrons. The van der Waals surface area contributed by atoms with E-state index in [1.54, 1.807) is 64.3 Å². The number of terminal acetylenes is 1. The molecule has 2 atom stereocenters. The van der Waals surface area contributed by atoms with Crippen LogP contribution in [0.4, 0.5) is 10.5 Å². The van der Waals surface area contributed by atoms with Crippen LogP contribution in [0.25, 0.3) is 0 Å². The zero-order chi connectivity index (χ0) is 25.5. The van der Waals surface area contributed by atoms with Crippen LogP contribution in [-0.2, 0) is 14.3 Å². The number of amides is 3. The van der Waals surface area contributed by atoms with Crippen molar-refractivity contribution in [2.45, 2.75) is 52.3 Å². The molecule has 8 nitrogen and oxygen atoms in total. The molecule has 0 fully saturated rings. The van der Waals surface area contributed by atoms with Crippen molar-refractivity contribution < 1.29 is 23.9 Å². The molecule has 0 aliphatic rings. The number of benzene rings is 2. The van der Waals surface area contributed by atoms with Crippen molar-refractivity contribution in [2.24, 2.45) is 0 Å². The maximum atomic E-state index is 13.4. The summed E-state index contributed by atoms with van der Waals surface area (Å²) in [6, 6.07) is 14.1. The van der Waals surface area contributed by atoms with E-state index in [4.69, 9.17) is 15.9 Å². The molecule has 2 aromatic rings. The normalized spacial score (nSPS) is 12.5. The van der Waals surface area contributed by atoms with Gasteiger partial charge in [-0.15, -0.1) is 0 Å². The predicted octanol–water partition coefficient (Wildman–Crippen LogP) is 4.02. The number of hydrogen-bond donors (Lipinski definition) is 2. The Balaban J connectivity index is 2.35. The van der Waals surface area contributed by atoms with E-state index in [0.717, 1.165) is 10.5 Å². The SMILES string of the molecule is C#CN(C(=O)C(C)NC(=O)OC(C)(C)C)C(C(=O)Nc1ccc(OC)cc1)c1ccccc1C. The van der Waals surface area contributed by atoms with Gasteiger partial charge in [0.15, 0.2) is 0 Å². The van der Waals surface area contributed by atoms with Crippen molar-refractivity contribution in [1.82, 2.24) is 10.2 Å². The van der Waals surface area contributed by atoms with E-state index in [2.05, 4.69) is 16.7 Å². The molecule has 3 amide bonds. The van der Waals surface area contributed by atoms with E-state index in [0.29, 0.717) is 17.0 Å². The Morgan fingerprint density at radius 3 is 2.21 bits per heavy atom. The number of anilines is 1. The van der Waals surface area contributed by atoms with E-state index < -0.39 is 35.6 Å². The topological polar surface area (TPSA) is 97.0 Å². The molecule has 8 heteroatoms. The number of nitrogens with zero attached hydrogens (tertiary/aromatic N) is 1. The molecule has 2 unspecified atom stereocenters. The Labute approximate surface area is 200 Å². The van der Waals surface area contributed by atoms with E-state index in [9.17, 15) is 14.4 Å². The molecule has 0 radical (unpaired) electrons. The lowest BCUT2D eigenvalue weighted by molar-refractivity contribution is -0.136. The largest absolute Gasteiger partial charge is 0.497 e. The summed E-state index contributed by atoms with van der Waals surface area (Å²) >= 11 is 0. The lowest BCUT2D eigenvalue weighted by Gasteiger charge is -2.30. The standard InChI is InChI=1S/C26H31N3O5/c1-8-29(24(31)18(3)27-25(32)34-26(4,5)6)22(21-12-10-9-11-17(21)2)23(30)28-19-13-15-20(33-7)16-14-19/h1,9-16,18,22H,2-7H3,(H,27,32)(H,28,30). The third kappa shape index (κ3) is 7.01. The summed E-state index contributed by atoms with van der Waals surface area (Å²) in [5.41, 5.74) is 1.11. The van der Waals surface area contributed by atoms with Gasteiger partial charge in [-0.3, -0.25) is 14.5 Å². The van der Waals surface area contributed by atoms with E-state index >= 15 is 0 Å². The van der Waals surface area contributed by atoms with Gasteiger partial charge < -0.3 is 20.1 Å². The molecule has 0 aromatic heterocycles. The van der Waals surface area contributed by atoms with Gasteiger partial charge in [-0.05, 0) is 70.0 Å². The highest BCUT2D eigenvalue weighted by atomic mass is 16.6. The van der Waals surface area contributed by atoms with Crippen LogP contribution in [0.15, 0.2) is 48.5 Å². The fourth-order valence-corrected chi connectivity index (χ4v) is 3.20. The van der Waals surface area contributed by atoms with Crippen LogP contribution in [0.5, 0.6) is 5.75 Å². The molecular formula is C26H31N3O5. The first kappa shape index (κ1) is 26.3. The Morgan fingerprint density at radius 1 is 1.06 bits per heavy atom. The molecule has 0 heterocycles. The van der Waals surface area contributed by atoms with Gasteiger partial charge >= 0.3 is 6.09 Å². The highest BCUT2D eigenvalue weighted by Gasteiger charge is 2.35. The molecule has 0 saturated carbocycles. The quantitative estimate of drug-likeness (QED) is 0.476. The van der Waals surface area contributed by atoms with Gasteiger partial charge in [0, 0.05) is 11.7 Å². The fourth-order valence-electron chi connectivity index (χ4n) is 3.20. The lowest BCUT2D eigenvalue weighted by Crippen LogP contribution is -2.49. The van der Waals surface area contributed by atoms with Crippen molar-refractivity contribution in [3.05, 3.63) is 59.7 Å². The summed E-state index contributed by atoms with van der Waals surface area (Å²) in [4.78, 5) is 39.8. The zero-order valence-corrected chi connectivity index (χ0v) is 20.3. The number of alkyl carbamates (subject to hydrolysis) is 1. The van der Waals surface area contributed by atoms with Crippen molar-refractivity contribution in [3.63, 3.8) is 0 Å². The molecule has 2 rings (SSSR count).